The molecular weight excluding hydrogens is 186 g/mol. The minimum absolute atomic E-state index is 0. The minimum Gasteiger partial charge on any atom is -1.00 e. The quantitative estimate of drug-likeness (QED) is 0.366. The van der Waals surface area contributed by atoms with Crippen LogP contribution in [0.15, 0.2) is 30.6 Å². The SMILES string of the molecule is O=S([O-])C[n+]1ccccc1.[Cl-]. The van der Waals surface area contributed by atoms with Crippen LogP contribution in [0.25, 0.3) is 0 Å². The van der Waals surface area contributed by atoms with Crippen molar-refractivity contribution in [2.24, 2.45) is 0 Å². The van der Waals surface area contributed by atoms with Gasteiger partial charge in [-0.3, -0.25) is 4.21 Å². The van der Waals surface area contributed by atoms with E-state index in [4.69, 9.17) is 0 Å². The summed E-state index contributed by atoms with van der Waals surface area (Å²) in [5, 5.41) is 0. The molecule has 0 saturated heterocycles. The second-order valence-electron chi connectivity index (χ2n) is 1.82. The molecule has 0 aromatic carbocycles. The van der Waals surface area contributed by atoms with Crippen molar-refractivity contribution in [3.63, 3.8) is 0 Å². The van der Waals surface area contributed by atoms with Gasteiger partial charge in [0, 0.05) is 23.2 Å². The predicted octanol–water partition coefficient (Wildman–Crippen LogP) is -3.19. The maximum Gasteiger partial charge on any atom is 0.210 e. The number of hydrogen-bond donors (Lipinski definition) is 0. The third kappa shape index (κ3) is 4.08. The van der Waals surface area contributed by atoms with Crippen molar-refractivity contribution < 1.29 is 25.7 Å². The van der Waals surface area contributed by atoms with Crippen LogP contribution in [0.3, 0.4) is 0 Å². The zero-order valence-electron chi connectivity index (χ0n) is 5.64. The molecule has 1 aromatic rings. The summed E-state index contributed by atoms with van der Waals surface area (Å²) in [5.41, 5.74) is 0. The first kappa shape index (κ1) is 10.6. The first-order valence-corrected chi connectivity index (χ1v) is 4.03. The van der Waals surface area contributed by atoms with Crippen molar-refractivity contribution in [2.45, 2.75) is 5.88 Å². The molecule has 0 saturated carbocycles. The van der Waals surface area contributed by atoms with E-state index >= 15 is 0 Å². The number of halogens is 1. The fourth-order valence-electron chi connectivity index (χ4n) is 0.642. The molecule has 0 amide bonds. The zero-order valence-corrected chi connectivity index (χ0v) is 7.22. The normalized spacial score (nSPS) is 11.7. The Morgan fingerprint density at radius 2 is 1.82 bits per heavy atom. The van der Waals surface area contributed by atoms with E-state index in [1.54, 1.807) is 29.1 Å². The lowest BCUT2D eigenvalue weighted by molar-refractivity contribution is -0.677. The van der Waals surface area contributed by atoms with E-state index in [2.05, 4.69) is 0 Å². The molecule has 1 aromatic heterocycles. The summed E-state index contributed by atoms with van der Waals surface area (Å²) in [4.78, 5) is 0. The standard InChI is InChI=1S/C6H7NO2S.ClH/c8-10(9)6-7-4-2-1-3-5-7;/h1-5H,6H2;1H/p-1. The van der Waals surface area contributed by atoms with Crippen molar-refractivity contribution in [2.75, 3.05) is 0 Å². The summed E-state index contributed by atoms with van der Waals surface area (Å²) < 4.78 is 21.9. The molecular formula is C6H7ClNO2S-. The fourth-order valence-corrected chi connectivity index (χ4v) is 1.06. The number of aromatic nitrogens is 1. The summed E-state index contributed by atoms with van der Waals surface area (Å²) in [6, 6.07) is 5.41. The molecule has 1 rings (SSSR count). The van der Waals surface area contributed by atoms with E-state index in [-0.39, 0.29) is 18.3 Å². The zero-order chi connectivity index (χ0) is 7.40. The van der Waals surface area contributed by atoms with E-state index in [0.717, 1.165) is 0 Å². The Kier molecular flexibility index (Phi) is 5.02. The van der Waals surface area contributed by atoms with Gasteiger partial charge >= 0.3 is 0 Å². The molecule has 5 heteroatoms. The second-order valence-corrected chi connectivity index (χ2v) is 2.69. The maximum atomic E-state index is 10.1. The average Bonchev–Trinajstić information content (AvgIpc) is 1.88. The number of nitrogens with zero attached hydrogens (tertiary/aromatic N) is 1. The van der Waals surface area contributed by atoms with E-state index in [9.17, 15) is 8.76 Å². The van der Waals surface area contributed by atoms with Gasteiger partial charge in [0.1, 0.15) is 0 Å². The molecule has 0 aliphatic heterocycles. The molecule has 1 heterocycles. The second kappa shape index (κ2) is 5.23. The van der Waals surface area contributed by atoms with Crippen LogP contribution in [0, 0.1) is 0 Å². The molecule has 11 heavy (non-hydrogen) atoms. The summed E-state index contributed by atoms with van der Waals surface area (Å²) in [5.74, 6) is 0.0286. The van der Waals surface area contributed by atoms with Crippen LogP contribution in [0.5, 0.6) is 0 Å². The monoisotopic (exact) mass is 192 g/mol. The summed E-state index contributed by atoms with van der Waals surface area (Å²) in [6.45, 7) is 0. The fraction of sp³-hybridized carbons (Fsp3) is 0.167. The van der Waals surface area contributed by atoms with Crippen molar-refractivity contribution in [3.05, 3.63) is 30.6 Å². The van der Waals surface area contributed by atoms with Gasteiger partial charge in [-0.15, -0.1) is 0 Å². The third-order valence-electron chi connectivity index (χ3n) is 1.03. The van der Waals surface area contributed by atoms with Crippen molar-refractivity contribution in [1.82, 2.24) is 0 Å². The topological polar surface area (TPSA) is 44.0 Å². The average molecular weight is 193 g/mol. The van der Waals surface area contributed by atoms with E-state index in [0.29, 0.717) is 0 Å². The Hall–Kier alpha value is -0.450. The third-order valence-corrected chi connectivity index (χ3v) is 1.54. The summed E-state index contributed by atoms with van der Waals surface area (Å²) in [7, 11) is 0. The lowest BCUT2D eigenvalue weighted by atomic mass is 10.5. The lowest BCUT2D eigenvalue weighted by Gasteiger charge is -1.98. The lowest BCUT2D eigenvalue weighted by Crippen LogP contribution is -3.00. The van der Waals surface area contributed by atoms with E-state index < -0.39 is 11.1 Å². The first-order valence-electron chi connectivity index (χ1n) is 2.79. The van der Waals surface area contributed by atoms with Crippen molar-refractivity contribution >= 4 is 11.1 Å². The molecule has 0 bridgehead atoms. The van der Waals surface area contributed by atoms with Gasteiger partial charge < -0.3 is 17.0 Å². The molecule has 0 aliphatic rings. The molecule has 1 atom stereocenters. The largest absolute Gasteiger partial charge is 1.00 e. The van der Waals surface area contributed by atoms with Gasteiger partial charge in [0.25, 0.3) is 0 Å². The van der Waals surface area contributed by atoms with Crippen LogP contribution in [0.2, 0.25) is 0 Å². The van der Waals surface area contributed by atoms with E-state index in [1.807, 2.05) is 6.07 Å². The molecule has 0 aliphatic carbocycles. The van der Waals surface area contributed by atoms with E-state index in [1.165, 1.54) is 0 Å². The van der Waals surface area contributed by atoms with Gasteiger partial charge in [-0.1, -0.05) is 6.07 Å². The Bertz CT molecular complexity index is 229. The smallest absolute Gasteiger partial charge is 0.210 e. The molecule has 0 spiro atoms. The molecule has 0 fully saturated rings. The number of hydrogen-bond acceptors (Lipinski definition) is 2. The van der Waals surface area contributed by atoms with Crippen LogP contribution in [-0.4, -0.2) is 8.76 Å². The molecule has 0 radical (unpaired) electrons. The highest BCUT2D eigenvalue weighted by Gasteiger charge is 1.93. The van der Waals surface area contributed by atoms with Crippen LogP contribution < -0.4 is 17.0 Å². The number of pyridine rings is 1. The van der Waals surface area contributed by atoms with Gasteiger partial charge in [-0.05, 0) is 0 Å². The van der Waals surface area contributed by atoms with Gasteiger partial charge in [0.05, 0.1) is 0 Å². The maximum absolute atomic E-state index is 10.1. The van der Waals surface area contributed by atoms with Gasteiger partial charge in [0.15, 0.2) is 12.4 Å². The summed E-state index contributed by atoms with van der Waals surface area (Å²) >= 11 is -2.00. The van der Waals surface area contributed by atoms with Gasteiger partial charge in [-0.2, -0.15) is 4.57 Å². The Morgan fingerprint density at radius 3 is 2.27 bits per heavy atom. The van der Waals surface area contributed by atoms with Crippen molar-refractivity contribution in [1.29, 1.82) is 0 Å². The minimum atomic E-state index is -2.00. The molecule has 1 unspecified atom stereocenters. The molecule has 3 nitrogen and oxygen atoms in total. The Morgan fingerprint density at radius 1 is 1.27 bits per heavy atom. The molecule has 0 N–H and O–H groups in total. The highest BCUT2D eigenvalue weighted by atomic mass is 35.5. The Balaban J connectivity index is 0.000001000. The van der Waals surface area contributed by atoms with Crippen LogP contribution in [-0.2, 0) is 17.0 Å². The highest BCUT2D eigenvalue weighted by molar-refractivity contribution is 7.77. The highest BCUT2D eigenvalue weighted by Crippen LogP contribution is 1.78. The van der Waals surface area contributed by atoms with Crippen LogP contribution in [0.4, 0.5) is 0 Å². The van der Waals surface area contributed by atoms with Crippen LogP contribution >= 0.6 is 0 Å². The van der Waals surface area contributed by atoms with Crippen LogP contribution in [0.1, 0.15) is 0 Å². The van der Waals surface area contributed by atoms with Crippen molar-refractivity contribution in [3.8, 4) is 0 Å². The Labute approximate surface area is 73.8 Å². The number of rotatable bonds is 2. The summed E-state index contributed by atoms with van der Waals surface area (Å²) in [6.07, 6.45) is 3.41. The van der Waals surface area contributed by atoms with Gasteiger partial charge in [-0.25, -0.2) is 0 Å². The predicted molar refractivity (Wildman–Crippen MR) is 35.6 cm³/mol. The first-order chi connectivity index (χ1) is 4.79. The van der Waals surface area contributed by atoms with Gasteiger partial charge in [0.2, 0.25) is 5.88 Å². The molecule has 62 valence electrons.